The maximum atomic E-state index is 6.33. The van der Waals surface area contributed by atoms with Gasteiger partial charge in [-0.15, -0.1) is 0 Å². The molecule has 0 spiro atoms. The highest BCUT2D eigenvalue weighted by Crippen LogP contribution is 2.30. The summed E-state index contributed by atoms with van der Waals surface area (Å²) in [5, 5.41) is 4.74. The van der Waals surface area contributed by atoms with Gasteiger partial charge in [-0.2, -0.15) is 0 Å². The smallest absolute Gasteiger partial charge is 0.0624 e. The molecule has 1 nitrogen and oxygen atoms in total. The molecule has 0 heterocycles. The zero-order valence-electron chi connectivity index (χ0n) is 12.4. The summed E-state index contributed by atoms with van der Waals surface area (Å²) in [6.07, 6.45) is 1.94. The number of benzene rings is 2. The second-order valence-corrected chi connectivity index (χ2v) is 6.02. The molecule has 0 amide bonds. The molecule has 0 radical (unpaired) electrons. The Morgan fingerprint density at radius 3 is 2.33 bits per heavy atom. The molecule has 0 fully saturated rings. The lowest BCUT2D eigenvalue weighted by molar-refractivity contribution is 0.448. The molecule has 0 aromatic heterocycles. The first-order valence-corrected chi connectivity index (χ1v) is 8.08. The first-order chi connectivity index (χ1) is 10.2. The summed E-state index contributed by atoms with van der Waals surface area (Å²) >= 11 is 12.4. The molecule has 2 aromatic rings. The van der Waals surface area contributed by atoms with Gasteiger partial charge < -0.3 is 5.32 Å². The third-order valence-corrected chi connectivity index (χ3v) is 4.85. The van der Waals surface area contributed by atoms with Crippen molar-refractivity contribution in [2.45, 2.75) is 31.7 Å². The van der Waals surface area contributed by atoms with E-state index in [1.807, 2.05) is 19.2 Å². The summed E-state index contributed by atoms with van der Waals surface area (Å²) in [4.78, 5) is 0. The SMILES string of the molecule is CCC(c1ccccc1)C(Cc1cccc(Cl)c1Cl)NC. The van der Waals surface area contributed by atoms with Crippen molar-refractivity contribution in [2.24, 2.45) is 0 Å². The van der Waals surface area contributed by atoms with Crippen LogP contribution in [-0.2, 0) is 6.42 Å². The minimum atomic E-state index is 0.327. The van der Waals surface area contributed by atoms with E-state index in [4.69, 9.17) is 23.2 Å². The highest BCUT2D eigenvalue weighted by molar-refractivity contribution is 6.42. The van der Waals surface area contributed by atoms with E-state index in [9.17, 15) is 0 Å². The van der Waals surface area contributed by atoms with Crippen molar-refractivity contribution in [2.75, 3.05) is 7.05 Å². The normalized spacial score (nSPS) is 13.9. The van der Waals surface area contributed by atoms with Crippen LogP contribution in [-0.4, -0.2) is 13.1 Å². The lowest BCUT2D eigenvalue weighted by Gasteiger charge is -2.27. The van der Waals surface area contributed by atoms with Crippen molar-refractivity contribution >= 4 is 23.2 Å². The largest absolute Gasteiger partial charge is 0.316 e. The highest BCUT2D eigenvalue weighted by atomic mass is 35.5. The third kappa shape index (κ3) is 4.00. The zero-order valence-corrected chi connectivity index (χ0v) is 14.0. The third-order valence-electron chi connectivity index (χ3n) is 4.00. The van der Waals surface area contributed by atoms with Crippen molar-refractivity contribution in [3.8, 4) is 0 Å². The van der Waals surface area contributed by atoms with Crippen molar-refractivity contribution in [1.29, 1.82) is 0 Å². The van der Waals surface area contributed by atoms with Gasteiger partial charge in [0, 0.05) is 6.04 Å². The second kappa shape index (κ2) is 7.84. The Hall–Kier alpha value is -1.02. The number of nitrogens with one attached hydrogen (secondary N) is 1. The predicted molar refractivity (Wildman–Crippen MR) is 92.5 cm³/mol. The molecule has 2 rings (SSSR count). The highest BCUT2D eigenvalue weighted by Gasteiger charge is 2.21. The molecule has 0 aliphatic carbocycles. The molecule has 2 aromatic carbocycles. The molecular formula is C18H21Cl2N. The summed E-state index contributed by atoms with van der Waals surface area (Å²) in [7, 11) is 2.01. The summed E-state index contributed by atoms with van der Waals surface area (Å²) in [5.41, 5.74) is 2.45. The van der Waals surface area contributed by atoms with E-state index in [-0.39, 0.29) is 0 Å². The van der Waals surface area contributed by atoms with E-state index >= 15 is 0 Å². The number of halogens is 2. The van der Waals surface area contributed by atoms with E-state index in [1.54, 1.807) is 0 Å². The Balaban J connectivity index is 2.24. The van der Waals surface area contributed by atoms with Gasteiger partial charge >= 0.3 is 0 Å². The average Bonchev–Trinajstić information content (AvgIpc) is 2.52. The fourth-order valence-corrected chi connectivity index (χ4v) is 3.24. The maximum Gasteiger partial charge on any atom is 0.0624 e. The summed E-state index contributed by atoms with van der Waals surface area (Å²) in [6.45, 7) is 2.22. The Kier molecular flexibility index (Phi) is 6.10. The first kappa shape index (κ1) is 16.4. The van der Waals surface area contributed by atoms with Gasteiger partial charge in [0.15, 0.2) is 0 Å². The van der Waals surface area contributed by atoms with Crippen LogP contribution >= 0.6 is 23.2 Å². The lowest BCUT2D eigenvalue weighted by atomic mass is 9.86. The summed E-state index contributed by atoms with van der Waals surface area (Å²) < 4.78 is 0. The molecule has 2 atom stereocenters. The van der Waals surface area contributed by atoms with E-state index in [0.29, 0.717) is 22.0 Å². The molecule has 2 unspecified atom stereocenters. The fourth-order valence-electron chi connectivity index (χ4n) is 2.84. The van der Waals surface area contributed by atoms with Crippen LogP contribution in [0.5, 0.6) is 0 Å². The van der Waals surface area contributed by atoms with Crippen LogP contribution in [0, 0.1) is 0 Å². The topological polar surface area (TPSA) is 12.0 Å². The van der Waals surface area contributed by atoms with Crippen molar-refractivity contribution in [1.82, 2.24) is 5.32 Å². The van der Waals surface area contributed by atoms with Crippen LogP contribution in [0.2, 0.25) is 10.0 Å². The van der Waals surface area contributed by atoms with E-state index in [1.165, 1.54) is 5.56 Å². The van der Waals surface area contributed by atoms with Crippen LogP contribution < -0.4 is 5.32 Å². The summed E-state index contributed by atoms with van der Waals surface area (Å²) in [5.74, 6) is 0.450. The molecule has 0 aliphatic rings. The molecule has 0 bridgehead atoms. The zero-order chi connectivity index (χ0) is 15.2. The first-order valence-electron chi connectivity index (χ1n) is 7.32. The molecule has 0 saturated carbocycles. The van der Waals surface area contributed by atoms with Crippen molar-refractivity contribution in [3.05, 3.63) is 69.7 Å². The summed E-state index contributed by atoms with van der Waals surface area (Å²) in [6, 6.07) is 16.8. The fraction of sp³-hybridized carbons (Fsp3) is 0.333. The molecule has 112 valence electrons. The predicted octanol–water partition coefficient (Wildman–Crippen LogP) is 5.32. The van der Waals surface area contributed by atoms with Crippen LogP contribution in [0.15, 0.2) is 48.5 Å². The second-order valence-electron chi connectivity index (χ2n) is 5.24. The maximum absolute atomic E-state index is 6.33. The number of hydrogen-bond acceptors (Lipinski definition) is 1. The van der Waals surface area contributed by atoms with Gasteiger partial charge in [0.1, 0.15) is 0 Å². The monoisotopic (exact) mass is 321 g/mol. The Morgan fingerprint density at radius 2 is 1.71 bits per heavy atom. The number of hydrogen-bond donors (Lipinski definition) is 1. The van der Waals surface area contributed by atoms with Gasteiger partial charge in [-0.1, -0.05) is 72.6 Å². The van der Waals surface area contributed by atoms with Crippen LogP contribution in [0.3, 0.4) is 0 Å². The van der Waals surface area contributed by atoms with Gasteiger partial charge in [0.2, 0.25) is 0 Å². The standard InChI is InChI=1S/C18H21Cl2N/c1-3-15(13-8-5-4-6-9-13)17(21-2)12-14-10-7-11-16(19)18(14)20/h4-11,15,17,21H,3,12H2,1-2H3. The van der Waals surface area contributed by atoms with Crippen LogP contribution in [0.4, 0.5) is 0 Å². The average molecular weight is 322 g/mol. The van der Waals surface area contributed by atoms with Gasteiger partial charge in [-0.3, -0.25) is 0 Å². The van der Waals surface area contributed by atoms with Crippen LogP contribution in [0.25, 0.3) is 0 Å². The van der Waals surface area contributed by atoms with Crippen molar-refractivity contribution in [3.63, 3.8) is 0 Å². The van der Waals surface area contributed by atoms with Gasteiger partial charge in [0.05, 0.1) is 10.0 Å². The van der Waals surface area contributed by atoms with Gasteiger partial charge in [-0.25, -0.2) is 0 Å². The van der Waals surface area contributed by atoms with E-state index < -0.39 is 0 Å². The Morgan fingerprint density at radius 1 is 1.00 bits per heavy atom. The number of likely N-dealkylation sites (N-methyl/N-ethyl adjacent to an activating group) is 1. The minimum Gasteiger partial charge on any atom is -0.316 e. The molecule has 21 heavy (non-hydrogen) atoms. The van der Waals surface area contributed by atoms with Crippen molar-refractivity contribution < 1.29 is 0 Å². The molecule has 1 N–H and O–H groups in total. The molecule has 3 heteroatoms. The van der Waals surface area contributed by atoms with E-state index in [2.05, 4.69) is 48.6 Å². The van der Waals surface area contributed by atoms with Gasteiger partial charge in [-0.05, 0) is 43.0 Å². The Bertz CT molecular complexity index is 569. The Labute approximate surface area is 137 Å². The molecule has 0 aliphatic heterocycles. The quantitative estimate of drug-likeness (QED) is 0.759. The lowest BCUT2D eigenvalue weighted by Crippen LogP contribution is -2.34. The minimum absolute atomic E-state index is 0.327. The van der Waals surface area contributed by atoms with Gasteiger partial charge in [0.25, 0.3) is 0 Å². The molecule has 0 saturated heterocycles. The van der Waals surface area contributed by atoms with E-state index in [0.717, 1.165) is 18.4 Å². The number of rotatable bonds is 6. The molecular weight excluding hydrogens is 301 g/mol. The van der Waals surface area contributed by atoms with Crippen LogP contribution in [0.1, 0.15) is 30.4 Å².